The molecule has 0 amide bonds. The zero-order valence-electron chi connectivity index (χ0n) is 11.3. The van der Waals surface area contributed by atoms with Gasteiger partial charge in [0.05, 0.1) is 11.9 Å². The van der Waals surface area contributed by atoms with Crippen LogP contribution in [0.4, 0.5) is 0 Å². The molecule has 0 aromatic heterocycles. The van der Waals surface area contributed by atoms with Gasteiger partial charge in [0.2, 0.25) is 0 Å². The summed E-state index contributed by atoms with van der Waals surface area (Å²) >= 11 is 0. The maximum atomic E-state index is 10.1. The zero-order valence-corrected chi connectivity index (χ0v) is 16.5. The number of aliphatic carboxylic acids is 1. The largest absolute Gasteiger partial charge is 1.00 e. The molecule has 6 heteroatoms. The number of allylic oxidation sites excluding steroid dienone is 3. The fraction of sp³-hybridized carbons (Fsp3) is 0.0769. The van der Waals surface area contributed by atoms with E-state index in [1.54, 1.807) is 37.3 Å². The van der Waals surface area contributed by atoms with Gasteiger partial charge in [0.25, 0.3) is 0 Å². The number of carboxylic acid groups (broad SMARTS) is 2. The number of carbonyl (C=O) groups excluding carboxylic acids is 2. The molecule has 0 aliphatic carbocycles. The Labute approximate surface area is 177 Å². The fourth-order valence-electron chi connectivity index (χ4n) is 0.819. The third kappa shape index (κ3) is 16.2. The van der Waals surface area contributed by atoms with Gasteiger partial charge in [0.15, 0.2) is 0 Å². The molecule has 0 fully saturated rings. The van der Waals surface area contributed by atoms with Crippen LogP contribution in [0.1, 0.15) is 17.3 Å². The standard InChI is InChI=1S/C7H6O2.C6H8O2.K.Na/c8-7(9)6-4-2-1-3-5-6;1-2-3-4-5-6(7)8;;/h1-5H,(H,8,9);2-5H,1H3,(H,7,8);;/q;;2*+1/p-2. The molecule has 1 aromatic carbocycles. The first-order valence-corrected chi connectivity index (χ1v) is 4.84. The number of carboxylic acids is 2. The number of hydrogen-bond donors (Lipinski definition) is 0. The number of carbonyl (C=O) groups is 2. The van der Waals surface area contributed by atoms with Crippen LogP contribution in [0.25, 0.3) is 0 Å². The van der Waals surface area contributed by atoms with E-state index in [1.165, 1.54) is 18.2 Å². The maximum Gasteiger partial charge on any atom is 1.00 e. The summed E-state index contributed by atoms with van der Waals surface area (Å²) in [4.78, 5) is 19.7. The summed E-state index contributed by atoms with van der Waals surface area (Å²) in [6.07, 6.45) is 5.74. The molecule has 4 nitrogen and oxygen atoms in total. The molecule has 19 heavy (non-hydrogen) atoms. The Morgan fingerprint density at radius 2 is 1.58 bits per heavy atom. The van der Waals surface area contributed by atoms with Crippen LogP contribution in [0.15, 0.2) is 54.6 Å². The maximum absolute atomic E-state index is 10.1. The van der Waals surface area contributed by atoms with E-state index < -0.39 is 11.9 Å². The van der Waals surface area contributed by atoms with Crippen LogP contribution in [0.3, 0.4) is 0 Å². The van der Waals surface area contributed by atoms with E-state index >= 15 is 0 Å². The Morgan fingerprint density at radius 3 is 1.89 bits per heavy atom. The smallest absolute Gasteiger partial charge is 0.545 e. The Hall–Kier alpha value is 0.276. The van der Waals surface area contributed by atoms with Crippen LogP contribution in [-0.4, -0.2) is 11.9 Å². The van der Waals surface area contributed by atoms with Gasteiger partial charge in [-0.05, 0) is 18.6 Å². The summed E-state index contributed by atoms with van der Waals surface area (Å²) in [5, 5.41) is 19.7. The molecule has 0 aliphatic rings. The van der Waals surface area contributed by atoms with Gasteiger partial charge in [-0.15, -0.1) is 0 Å². The molecule has 0 saturated carbocycles. The minimum absolute atomic E-state index is 0. The zero-order chi connectivity index (χ0) is 13.1. The van der Waals surface area contributed by atoms with Gasteiger partial charge in [0.1, 0.15) is 0 Å². The van der Waals surface area contributed by atoms with E-state index in [2.05, 4.69) is 0 Å². The van der Waals surface area contributed by atoms with Crippen molar-refractivity contribution in [2.75, 3.05) is 0 Å². The quantitative estimate of drug-likeness (QED) is 0.316. The number of benzene rings is 1. The Balaban J connectivity index is -0.000000246. The van der Waals surface area contributed by atoms with Crippen LogP contribution in [0.2, 0.25) is 0 Å². The summed E-state index contributed by atoms with van der Waals surface area (Å²) < 4.78 is 0. The summed E-state index contributed by atoms with van der Waals surface area (Å²) in [5.74, 6) is -2.29. The van der Waals surface area contributed by atoms with E-state index in [4.69, 9.17) is 0 Å². The van der Waals surface area contributed by atoms with E-state index in [9.17, 15) is 19.8 Å². The van der Waals surface area contributed by atoms with Gasteiger partial charge in [-0.1, -0.05) is 48.6 Å². The fourth-order valence-corrected chi connectivity index (χ4v) is 0.819. The molecular weight excluding hydrogens is 282 g/mol. The van der Waals surface area contributed by atoms with Crippen LogP contribution in [-0.2, 0) is 4.79 Å². The molecule has 0 radical (unpaired) electrons. The minimum atomic E-state index is -1.16. The van der Waals surface area contributed by atoms with Crippen LogP contribution in [0, 0.1) is 0 Å². The van der Waals surface area contributed by atoms with Crippen molar-refractivity contribution in [1.82, 2.24) is 0 Å². The Morgan fingerprint density at radius 1 is 1.05 bits per heavy atom. The van der Waals surface area contributed by atoms with E-state index in [1.807, 2.05) is 0 Å². The van der Waals surface area contributed by atoms with Gasteiger partial charge in [-0.3, -0.25) is 0 Å². The second-order valence-corrected chi connectivity index (χ2v) is 2.86. The van der Waals surface area contributed by atoms with Crippen LogP contribution >= 0.6 is 0 Å². The number of hydrogen-bond acceptors (Lipinski definition) is 4. The monoisotopic (exact) mass is 294 g/mol. The van der Waals surface area contributed by atoms with Gasteiger partial charge < -0.3 is 19.8 Å². The predicted molar refractivity (Wildman–Crippen MR) is 59.7 cm³/mol. The minimum Gasteiger partial charge on any atom is -0.545 e. The molecule has 0 bridgehead atoms. The molecule has 0 spiro atoms. The molecule has 0 N–H and O–H groups in total. The molecule has 0 saturated heterocycles. The van der Waals surface area contributed by atoms with Gasteiger partial charge in [-0.2, -0.15) is 0 Å². The first-order chi connectivity index (χ1) is 8.07. The topological polar surface area (TPSA) is 80.3 Å². The van der Waals surface area contributed by atoms with Crippen molar-refractivity contribution in [2.24, 2.45) is 0 Å². The Bertz CT molecular complexity index is 416. The van der Waals surface area contributed by atoms with Crippen molar-refractivity contribution in [3.8, 4) is 0 Å². The third-order valence-electron chi connectivity index (χ3n) is 1.55. The van der Waals surface area contributed by atoms with Crippen molar-refractivity contribution >= 4 is 11.9 Å². The first kappa shape index (κ1) is 24.3. The molecule has 0 unspecified atom stereocenters. The number of rotatable bonds is 3. The van der Waals surface area contributed by atoms with E-state index in [-0.39, 0.29) is 86.5 Å². The summed E-state index contributed by atoms with van der Waals surface area (Å²) in [7, 11) is 0. The summed E-state index contributed by atoms with van der Waals surface area (Å²) in [5.41, 5.74) is 0.220. The third-order valence-corrected chi connectivity index (χ3v) is 1.55. The van der Waals surface area contributed by atoms with Crippen molar-refractivity contribution < 1.29 is 101 Å². The molecule has 90 valence electrons. The van der Waals surface area contributed by atoms with Crippen LogP contribution < -0.4 is 91.2 Å². The van der Waals surface area contributed by atoms with Gasteiger partial charge in [-0.25, -0.2) is 0 Å². The van der Waals surface area contributed by atoms with Gasteiger partial charge in [0, 0.05) is 0 Å². The van der Waals surface area contributed by atoms with E-state index in [0.29, 0.717) is 0 Å². The molecular formula is C13H12KNaO4. The second-order valence-electron chi connectivity index (χ2n) is 2.86. The second kappa shape index (κ2) is 16.3. The number of aromatic carboxylic acids is 1. The molecule has 1 rings (SSSR count). The van der Waals surface area contributed by atoms with Crippen molar-refractivity contribution in [3.05, 3.63) is 60.2 Å². The van der Waals surface area contributed by atoms with Crippen molar-refractivity contribution in [2.45, 2.75) is 6.92 Å². The molecule has 0 heterocycles. The Kier molecular flexibility index (Phi) is 20.9. The average Bonchev–Trinajstić information content (AvgIpc) is 2.31. The van der Waals surface area contributed by atoms with Crippen LogP contribution in [0.5, 0.6) is 0 Å². The molecule has 1 aromatic rings. The van der Waals surface area contributed by atoms with Crippen molar-refractivity contribution in [1.29, 1.82) is 0 Å². The SMILES string of the molecule is CC=CC=CC(=O)[O-].O=C([O-])c1ccccc1.[K+].[Na+]. The summed E-state index contributed by atoms with van der Waals surface area (Å²) in [6, 6.07) is 8.06. The first-order valence-electron chi connectivity index (χ1n) is 4.84. The summed E-state index contributed by atoms with van der Waals surface area (Å²) in [6.45, 7) is 1.81. The van der Waals surface area contributed by atoms with Crippen molar-refractivity contribution in [3.63, 3.8) is 0 Å². The molecule has 0 atom stereocenters. The average molecular weight is 294 g/mol. The molecule has 0 aliphatic heterocycles. The van der Waals surface area contributed by atoms with Gasteiger partial charge >= 0.3 is 80.9 Å². The normalized spacial score (nSPS) is 8.89. The predicted octanol–water partition coefficient (Wildman–Crippen LogP) is -6.07. The van der Waals surface area contributed by atoms with E-state index in [0.717, 1.165) is 6.08 Å².